The van der Waals surface area contributed by atoms with Gasteiger partial charge in [-0.3, -0.25) is 9.69 Å². The van der Waals surface area contributed by atoms with Crippen molar-refractivity contribution >= 4 is 57.2 Å². The number of amides is 1. The van der Waals surface area contributed by atoms with Gasteiger partial charge in [-0.2, -0.15) is 0 Å². The minimum absolute atomic E-state index is 0.0707. The van der Waals surface area contributed by atoms with E-state index in [1.54, 1.807) is 11.0 Å². The molecule has 1 saturated heterocycles. The molecular formula is C21H21IN2O3S. The number of rotatable bonds is 4. The number of halogens is 1. The van der Waals surface area contributed by atoms with Crippen LogP contribution < -0.4 is 4.74 Å². The van der Waals surface area contributed by atoms with Gasteiger partial charge in [0.2, 0.25) is 0 Å². The number of methoxy groups -OCH3 is 1. The second-order valence-corrected chi connectivity index (χ2v) is 8.57. The molecule has 0 atom stereocenters. The van der Waals surface area contributed by atoms with E-state index in [2.05, 4.69) is 6.07 Å². The highest BCUT2D eigenvalue weighted by Crippen LogP contribution is 2.37. The van der Waals surface area contributed by atoms with Crippen molar-refractivity contribution in [3.8, 4) is 11.5 Å². The number of hydrogen-bond acceptors (Lipinski definition) is 5. The van der Waals surface area contributed by atoms with Crippen LogP contribution >= 0.6 is 34.4 Å². The van der Waals surface area contributed by atoms with Gasteiger partial charge in [0.1, 0.15) is 0 Å². The summed E-state index contributed by atoms with van der Waals surface area (Å²) in [7, 11) is 1.51. The molecule has 1 aliphatic rings. The van der Waals surface area contributed by atoms with E-state index < -0.39 is 0 Å². The number of aromatic hydroxyl groups is 1. The number of aliphatic imine (C=N–C) groups is 1. The van der Waals surface area contributed by atoms with Gasteiger partial charge >= 0.3 is 0 Å². The van der Waals surface area contributed by atoms with E-state index in [1.165, 1.54) is 18.9 Å². The van der Waals surface area contributed by atoms with Crippen LogP contribution in [-0.4, -0.2) is 34.7 Å². The predicted octanol–water partition coefficient (Wildman–Crippen LogP) is 5.25. The lowest BCUT2D eigenvalue weighted by Gasteiger charge is -2.12. The number of likely N-dealkylation sites (N-methyl/N-ethyl adjacent to an activating group) is 1. The number of nitrogens with zero attached hydrogens (tertiary/aromatic N) is 2. The van der Waals surface area contributed by atoms with Crippen LogP contribution in [0.25, 0.3) is 6.08 Å². The second kappa shape index (κ2) is 8.57. The predicted molar refractivity (Wildman–Crippen MR) is 123 cm³/mol. The van der Waals surface area contributed by atoms with Crippen LogP contribution in [-0.2, 0) is 4.79 Å². The Hall–Kier alpha value is -2.00. The number of hydrogen-bond donors (Lipinski definition) is 1. The third-order valence-corrected chi connectivity index (χ3v) is 6.18. The molecule has 1 heterocycles. The molecule has 5 nitrogen and oxygen atoms in total. The quantitative estimate of drug-likeness (QED) is 0.453. The molecule has 1 N–H and O–H groups in total. The molecule has 2 aromatic carbocycles. The summed E-state index contributed by atoms with van der Waals surface area (Å²) in [4.78, 5) is 19.9. The molecular weight excluding hydrogens is 487 g/mol. The Labute approximate surface area is 182 Å². The Balaban J connectivity index is 2.00. The summed E-state index contributed by atoms with van der Waals surface area (Å²) in [5, 5.41) is 10.7. The monoisotopic (exact) mass is 508 g/mol. The number of carbonyl (C=O) groups excluding carboxylic acids is 1. The highest BCUT2D eigenvalue weighted by atomic mass is 127. The summed E-state index contributed by atoms with van der Waals surface area (Å²) in [5.41, 5.74) is 3.86. The molecule has 3 rings (SSSR count). The number of ether oxygens (including phenoxy) is 1. The van der Waals surface area contributed by atoms with E-state index in [4.69, 9.17) is 9.73 Å². The van der Waals surface area contributed by atoms with Gasteiger partial charge in [-0.25, -0.2) is 4.99 Å². The summed E-state index contributed by atoms with van der Waals surface area (Å²) in [5.74, 6) is 0.410. The summed E-state index contributed by atoms with van der Waals surface area (Å²) in [6.45, 7) is 6.52. The van der Waals surface area contributed by atoms with Gasteiger partial charge < -0.3 is 9.84 Å². The van der Waals surface area contributed by atoms with E-state index >= 15 is 0 Å². The average molecular weight is 508 g/mol. The maximum Gasteiger partial charge on any atom is 0.266 e. The van der Waals surface area contributed by atoms with E-state index in [1.807, 2.05) is 67.6 Å². The number of phenolic OH excluding ortho intramolecular Hbond substituents is 1. The van der Waals surface area contributed by atoms with Crippen LogP contribution in [0.5, 0.6) is 11.5 Å². The largest absolute Gasteiger partial charge is 0.504 e. The molecule has 0 saturated carbocycles. The first-order valence-electron chi connectivity index (χ1n) is 8.78. The van der Waals surface area contributed by atoms with E-state index in [0.29, 0.717) is 25.9 Å². The first kappa shape index (κ1) is 20.7. The van der Waals surface area contributed by atoms with Gasteiger partial charge in [-0.15, -0.1) is 0 Å². The van der Waals surface area contributed by atoms with Crippen molar-refractivity contribution in [1.29, 1.82) is 0 Å². The van der Waals surface area contributed by atoms with Crippen LogP contribution in [0.1, 0.15) is 23.6 Å². The van der Waals surface area contributed by atoms with Gasteiger partial charge in [0.15, 0.2) is 16.7 Å². The maximum absolute atomic E-state index is 12.9. The average Bonchev–Trinajstić information content (AvgIpc) is 2.95. The molecule has 2 aromatic rings. The summed E-state index contributed by atoms with van der Waals surface area (Å²) in [6.07, 6.45) is 1.81. The topological polar surface area (TPSA) is 62.1 Å². The summed E-state index contributed by atoms with van der Waals surface area (Å²) in [6, 6.07) is 9.64. The number of thioether (sulfide) groups is 1. The van der Waals surface area contributed by atoms with Gasteiger partial charge in [-0.05, 0) is 96.1 Å². The van der Waals surface area contributed by atoms with Crippen molar-refractivity contribution in [2.75, 3.05) is 13.7 Å². The SMILES string of the molecule is CCN1C(=O)/C(=C\c2cc(I)c(O)c(OC)c2)SC1=Nc1cc(C)ccc1C. The number of carbonyl (C=O) groups is 1. The fraction of sp³-hybridized carbons (Fsp3) is 0.238. The van der Waals surface area contributed by atoms with Crippen LogP contribution in [0, 0.1) is 17.4 Å². The Morgan fingerprint density at radius 3 is 2.71 bits per heavy atom. The van der Waals surface area contributed by atoms with Crippen LogP contribution in [0.4, 0.5) is 5.69 Å². The molecule has 0 spiro atoms. The maximum atomic E-state index is 12.9. The zero-order valence-electron chi connectivity index (χ0n) is 16.1. The zero-order chi connectivity index (χ0) is 20.4. The lowest BCUT2D eigenvalue weighted by molar-refractivity contribution is -0.122. The smallest absolute Gasteiger partial charge is 0.266 e. The van der Waals surface area contributed by atoms with Gasteiger partial charge in [-0.1, -0.05) is 12.1 Å². The molecule has 1 aliphatic heterocycles. The Bertz CT molecular complexity index is 1000. The van der Waals surface area contributed by atoms with Crippen molar-refractivity contribution in [3.63, 3.8) is 0 Å². The van der Waals surface area contributed by atoms with Gasteiger partial charge in [0.05, 0.1) is 21.3 Å². The van der Waals surface area contributed by atoms with E-state index in [-0.39, 0.29) is 11.7 Å². The minimum atomic E-state index is -0.0707. The number of benzene rings is 2. The first-order chi connectivity index (χ1) is 13.3. The molecule has 1 amide bonds. The molecule has 28 heavy (non-hydrogen) atoms. The van der Waals surface area contributed by atoms with Crippen LogP contribution in [0.15, 0.2) is 40.2 Å². The van der Waals surface area contributed by atoms with E-state index in [0.717, 1.165) is 22.4 Å². The zero-order valence-corrected chi connectivity index (χ0v) is 19.1. The molecule has 7 heteroatoms. The van der Waals surface area contributed by atoms with Crippen molar-refractivity contribution < 1.29 is 14.6 Å². The van der Waals surface area contributed by atoms with Crippen LogP contribution in [0.3, 0.4) is 0 Å². The molecule has 0 aromatic heterocycles. The number of aryl methyl sites for hydroxylation is 2. The second-order valence-electron chi connectivity index (χ2n) is 6.40. The van der Waals surface area contributed by atoms with Crippen molar-refractivity contribution in [3.05, 3.63) is 55.5 Å². The van der Waals surface area contributed by atoms with Crippen LogP contribution in [0.2, 0.25) is 0 Å². The van der Waals surface area contributed by atoms with Crippen molar-refractivity contribution in [1.82, 2.24) is 4.90 Å². The summed E-state index contributed by atoms with van der Waals surface area (Å²) >= 11 is 3.40. The summed E-state index contributed by atoms with van der Waals surface area (Å²) < 4.78 is 5.88. The number of amidine groups is 1. The van der Waals surface area contributed by atoms with Gasteiger partial charge in [0, 0.05) is 6.54 Å². The lowest BCUT2D eigenvalue weighted by Crippen LogP contribution is -2.28. The third kappa shape index (κ3) is 4.20. The highest BCUT2D eigenvalue weighted by Gasteiger charge is 2.32. The molecule has 0 unspecified atom stereocenters. The van der Waals surface area contributed by atoms with E-state index in [9.17, 15) is 9.90 Å². The molecule has 0 radical (unpaired) electrons. The molecule has 1 fully saturated rings. The normalized spacial score (nSPS) is 17.0. The fourth-order valence-corrected chi connectivity index (χ4v) is 4.48. The van der Waals surface area contributed by atoms with Crippen molar-refractivity contribution in [2.24, 2.45) is 4.99 Å². The fourth-order valence-electron chi connectivity index (χ4n) is 2.80. The standard InChI is InChI=1S/C21H21IN2O3S/c1-5-24-20(26)18(11-14-9-15(22)19(25)17(10-14)27-4)28-21(24)23-16-8-12(2)6-7-13(16)3/h6-11,25H,5H2,1-4H3/b18-11+,23-21?. The van der Waals surface area contributed by atoms with Gasteiger partial charge in [0.25, 0.3) is 5.91 Å². The highest BCUT2D eigenvalue weighted by molar-refractivity contribution is 14.1. The Kier molecular flexibility index (Phi) is 6.34. The minimum Gasteiger partial charge on any atom is -0.504 e. The lowest BCUT2D eigenvalue weighted by atomic mass is 10.1. The molecule has 146 valence electrons. The molecule has 0 aliphatic carbocycles. The Morgan fingerprint density at radius 2 is 2.04 bits per heavy atom. The van der Waals surface area contributed by atoms with Crippen molar-refractivity contribution in [2.45, 2.75) is 20.8 Å². The first-order valence-corrected chi connectivity index (χ1v) is 10.7. The molecule has 0 bridgehead atoms. The number of phenols is 1. The Morgan fingerprint density at radius 1 is 1.29 bits per heavy atom. The third-order valence-electron chi connectivity index (χ3n) is 4.35.